The Hall–Kier alpha value is -1.31. The first-order valence-corrected chi connectivity index (χ1v) is 8.70. The van der Waals surface area contributed by atoms with Gasteiger partial charge in [0.15, 0.2) is 0 Å². The number of benzene rings is 1. The molecule has 0 aliphatic heterocycles. The van der Waals surface area contributed by atoms with Gasteiger partial charge in [-0.1, -0.05) is 0 Å². The molecule has 0 atom stereocenters. The van der Waals surface area contributed by atoms with Crippen LogP contribution in [0.2, 0.25) is 0 Å². The predicted octanol–water partition coefficient (Wildman–Crippen LogP) is 1.45. The van der Waals surface area contributed by atoms with Crippen LogP contribution in [-0.2, 0) is 13.8 Å². The van der Waals surface area contributed by atoms with Crippen LogP contribution >= 0.6 is 10.7 Å². The molecule has 0 bridgehead atoms. The molecule has 118 valence electrons. The Kier molecular flexibility index (Phi) is 6.44. The number of nitrogens with zero attached hydrogens (tertiary/aromatic N) is 1. The molecule has 0 saturated heterocycles. The smallest absolute Gasteiger partial charge is 0.263 e. The van der Waals surface area contributed by atoms with Crippen LogP contribution in [0.3, 0.4) is 0 Å². The highest BCUT2D eigenvalue weighted by molar-refractivity contribution is 8.13. The van der Waals surface area contributed by atoms with Crippen LogP contribution in [0.15, 0.2) is 23.1 Å². The van der Waals surface area contributed by atoms with Gasteiger partial charge in [-0.15, -0.1) is 0 Å². The minimum absolute atomic E-state index is 0.0911. The van der Waals surface area contributed by atoms with Crippen molar-refractivity contribution in [3.63, 3.8) is 0 Å². The quantitative estimate of drug-likeness (QED) is 0.603. The molecule has 0 radical (unpaired) electrons. The van der Waals surface area contributed by atoms with Gasteiger partial charge in [-0.2, -0.15) is 0 Å². The lowest BCUT2D eigenvalue weighted by Gasteiger charge is -2.16. The van der Waals surface area contributed by atoms with E-state index in [4.69, 9.17) is 15.4 Å². The van der Waals surface area contributed by atoms with Crippen LogP contribution in [0.5, 0.6) is 0 Å². The Balaban J connectivity index is 2.98. The number of carbonyl (C=O) groups is 1. The second kappa shape index (κ2) is 7.63. The Morgan fingerprint density at radius 3 is 2.57 bits per heavy atom. The van der Waals surface area contributed by atoms with Crippen molar-refractivity contribution < 1.29 is 17.9 Å². The van der Waals surface area contributed by atoms with E-state index in [-0.39, 0.29) is 16.4 Å². The number of ether oxygens (including phenoxy) is 1. The second-order valence-corrected chi connectivity index (χ2v) is 7.00. The van der Waals surface area contributed by atoms with Crippen molar-refractivity contribution in [2.45, 2.75) is 11.8 Å². The standard InChI is InChI=1S/C13H19ClN2O4S/c1-4-20-8-7-15-13(17)10-5-6-11(16(2)3)12(9-10)21(14,18)19/h5-6,9H,4,7-8H2,1-3H3,(H,15,17). The first kappa shape index (κ1) is 17.7. The summed E-state index contributed by atoms with van der Waals surface area (Å²) in [6.45, 7) is 3.19. The van der Waals surface area contributed by atoms with Crippen LogP contribution in [0.1, 0.15) is 17.3 Å². The first-order chi connectivity index (χ1) is 9.77. The summed E-state index contributed by atoms with van der Waals surface area (Å²) in [5.41, 5.74) is 0.659. The number of halogens is 1. The van der Waals surface area contributed by atoms with E-state index < -0.39 is 9.05 Å². The normalized spacial score (nSPS) is 11.2. The average molecular weight is 335 g/mol. The molecule has 0 heterocycles. The second-order valence-electron chi connectivity index (χ2n) is 4.47. The van der Waals surface area contributed by atoms with Gasteiger partial charge < -0.3 is 15.0 Å². The molecule has 1 rings (SSSR count). The summed E-state index contributed by atoms with van der Waals surface area (Å²) >= 11 is 0. The number of carbonyl (C=O) groups excluding carboxylic acids is 1. The van der Waals surface area contributed by atoms with Crippen molar-refractivity contribution in [2.24, 2.45) is 0 Å². The van der Waals surface area contributed by atoms with Crippen LogP contribution in [0, 0.1) is 0 Å². The number of anilines is 1. The van der Waals surface area contributed by atoms with E-state index in [2.05, 4.69) is 5.32 Å². The minimum Gasteiger partial charge on any atom is -0.380 e. The van der Waals surface area contributed by atoms with Crippen molar-refractivity contribution in [1.29, 1.82) is 0 Å². The SMILES string of the molecule is CCOCCNC(=O)c1ccc(N(C)C)c(S(=O)(=O)Cl)c1. The van der Waals surface area contributed by atoms with E-state index in [1.165, 1.54) is 6.07 Å². The van der Waals surface area contributed by atoms with E-state index in [9.17, 15) is 13.2 Å². The number of rotatable bonds is 7. The summed E-state index contributed by atoms with van der Waals surface area (Å²) < 4.78 is 28.3. The zero-order valence-electron chi connectivity index (χ0n) is 12.2. The molecule has 0 aliphatic carbocycles. The van der Waals surface area contributed by atoms with Gasteiger partial charge in [0, 0.05) is 43.5 Å². The van der Waals surface area contributed by atoms with Crippen LogP contribution in [0.4, 0.5) is 5.69 Å². The van der Waals surface area contributed by atoms with E-state index >= 15 is 0 Å². The van der Waals surface area contributed by atoms with Crippen LogP contribution in [-0.4, -0.2) is 48.2 Å². The summed E-state index contributed by atoms with van der Waals surface area (Å²) in [5.74, 6) is -0.374. The highest BCUT2D eigenvalue weighted by atomic mass is 35.7. The maximum absolute atomic E-state index is 11.9. The Bertz CT molecular complexity index is 602. The fourth-order valence-electron chi connectivity index (χ4n) is 1.70. The lowest BCUT2D eigenvalue weighted by molar-refractivity contribution is 0.0922. The number of hydrogen-bond acceptors (Lipinski definition) is 5. The van der Waals surface area contributed by atoms with E-state index in [1.54, 1.807) is 31.1 Å². The molecule has 6 nitrogen and oxygen atoms in total. The molecule has 1 aromatic carbocycles. The number of hydrogen-bond donors (Lipinski definition) is 1. The molecule has 0 saturated carbocycles. The van der Waals surface area contributed by atoms with Gasteiger partial charge in [0.2, 0.25) is 0 Å². The molecule has 0 aromatic heterocycles. The van der Waals surface area contributed by atoms with Gasteiger partial charge in [-0.3, -0.25) is 4.79 Å². The topological polar surface area (TPSA) is 75.7 Å². The highest BCUT2D eigenvalue weighted by Crippen LogP contribution is 2.27. The van der Waals surface area contributed by atoms with Crippen molar-refractivity contribution in [3.8, 4) is 0 Å². The van der Waals surface area contributed by atoms with Crippen molar-refractivity contribution in [3.05, 3.63) is 23.8 Å². The summed E-state index contributed by atoms with van der Waals surface area (Å²) in [4.78, 5) is 13.5. The maximum atomic E-state index is 11.9. The largest absolute Gasteiger partial charge is 0.380 e. The number of amides is 1. The molecule has 0 aliphatic rings. The van der Waals surface area contributed by atoms with Gasteiger partial charge in [0.05, 0.1) is 12.3 Å². The molecule has 8 heteroatoms. The summed E-state index contributed by atoms with van der Waals surface area (Å²) in [7, 11) is 4.88. The van der Waals surface area contributed by atoms with Crippen molar-refractivity contribution >= 4 is 31.3 Å². The molecular weight excluding hydrogens is 316 g/mol. The number of nitrogens with one attached hydrogen (secondary N) is 1. The van der Waals surface area contributed by atoms with Gasteiger partial charge in [0.25, 0.3) is 15.0 Å². The van der Waals surface area contributed by atoms with E-state index in [0.717, 1.165) is 0 Å². The van der Waals surface area contributed by atoms with E-state index in [0.29, 0.717) is 25.4 Å². The Labute approximate surface area is 129 Å². The van der Waals surface area contributed by atoms with E-state index in [1.807, 2.05) is 6.92 Å². The molecule has 1 N–H and O–H groups in total. The lowest BCUT2D eigenvalue weighted by atomic mass is 10.2. The fraction of sp³-hybridized carbons (Fsp3) is 0.462. The predicted molar refractivity (Wildman–Crippen MR) is 82.6 cm³/mol. The molecule has 0 fully saturated rings. The molecule has 1 aromatic rings. The Morgan fingerprint density at radius 1 is 1.38 bits per heavy atom. The first-order valence-electron chi connectivity index (χ1n) is 6.39. The monoisotopic (exact) mass is 334 g/mol. The highest BCUT2D eigenvalue weighted by Gasteiger charge is 2.19. The third kappa shape index (κ3) is 5.18. The van der Waals surface area contributed by atoms with Crippen molar-refractivity contribution in [1.82, 2.24) is 5.32 Å². The third-order valence-corrected chi connectivity index (χ3v) is 4.05. The summed E-state index contributed by atoms with van der Waals surface area (Å²) in [5, 5.41) is 2.65. The molecule has 0 unspecified atom stereocenters. The minimum atomic E-state index is -3.94. The lowest BCUT2D eigenvalue weighted by Crippen LogP contribution is -2.27. The maximum Gasteiger partial charge on any atom is 0.263 e. The fourth-order valence-corrected chi connectivity index (χ4v) is 2.84. The average Bonchev–Trinajstić information content (AvgIpc) is 2.41. The molecule has 1 amide bonds. The van der Waals surface area contributed by atoms with Crippen LogP contribution in [0.25, 0.3) is 0 Å². The van der Waals surface area contributed by atoms with Crippen molar-refractivity contribution in [2.75, 3.05) is 38.8 Å². The third-order valence-electron chi connectivity index (χ3n) is 2.70. The zero-order valence-corrected chi connectivity index (χ0v) is 13.8. The van der Waals surface area contributed by atoms with Gasteiger partial charge in [-0.25, -0.2) is 8.42 Å². The van der Waals surface area contributed by atoms with Gasteiger partial charge in [0.1, 0.15) is 4.90 Å². The molecule has 0 spiro atoms. The molecular formula is C13H19ClN2O4S. The zero-order chi connectivity index (χ0) is 16.0. The van der Waals surface area contributed by atoms with Gasteiger partial charge >= 0.3 is 0 Å². The molecule has 21 heavy (non-hydrogen) atoms. The summed E-state index contributed by atoms with van der Waals surface area (Å²) in [6.07, 6.45) is 0. The Morgan fingerprint density at radius 2 is 2.05 bits per heavy atom. The van der Waals surface area contributed by atoms with Crippen LogP contribution < -0.4 is 10.2 Å². The summed E-state index contributed by atoms with van der Waals surface area (Å²) in [6, 6.07) is 4.37. The van der Waals surface area contributed by atoms with Gasteiger partial charge in [-0.05, 0) is 25.1 Å².